The number of hydrogen-bond donors (Lipinski definition) is 3. The number of aromatic hydroxyl groups is 1. The lowest BCUT2D eigenvalue weighted by molar-refractivity contribution is -0.385. The monoisotopic (exact) mass is 369 g/mol. The van der Waals surface area contributed by atoms with Crippen molar-refractivity contribution in [3.05, 3.63) is 38.1 Å². The third-order valence-electron chi connectivity index (χ3n) is 2.74. The van der Waals surface area contributed by atoms with E-state index in [2.05, 4.69) is 36.7 Å². The number of nitrogen functional groups attached to an aromatic ring is 1. The van der Waals surface area contributed by atoms with Crippen LogP contribution in [0.3, 0.4) is 0 Å². The first-order valence-corrected chi connectivity index (χ1v) is 6.88. The quantitative estimate of drug-likeness (QED) is 0.312. The Hall–Kier alpha value is -2.69. The van der Waals surface area contributed by atoms with Crippen LogP contribution in [-0.2, 0) is 6.42 Å². The van der Waals surface area contributed by atoms with Crippen LogP contribution in [0.5, 0.6) is 5.75 Å². The van der Waals surface area contributed by atoms with E-state index in [4.69, 9.17) is 5.84 Å². The van der Waals surface area contributed by atoms with Gasteiger partial charge in [-0.15, -0.1) is 10.2 Å². The summed E-state index contributed by atoms with van der Waals surface area (Å²) < 4.78 is 1.43. The van der Waals surface area contributed by atoms with E-state index in [1.807, 2.05) is 6.92 Å². The molecule has 0 atom stereocenters. The summed E-state index contributed by atoms with van der Waals surface area (Å²) in [5, 5.41) is 32.1. The number of aryl methyl sites for hydroxylation is 1. The van der Waals surface area contributed by atoms with Crippen molar-refractivity contribution in [2.45, 2.75) is 13.3 Å². The molecule has 22 heavy (non-hydrogen) atoms. The topological polar surface area (TPSA) is 144 Å². The van der Waals surface area contributed by atoms with E-state index < -0.39 is 4.92 Å². The van der Waals surface area contributed by atoms with Gasteiger partial charge in [0.25, 0.3) is 11.6 Å². The van der Waals surface area contributed by atoms with Gasteiger partial charge in [0, 0.05) is 24.1 Å². The van der Waals surface area contributed by atoms with Gasteiger partial charge in [-0.05, 0) is 15.9 Å². The highest BCUT2D eigenvalue weighted by atomic mass is 79.9. The summed E-state index contributed by atoms with van der Waals surface area (Å²) in [6.45, 7) is 1.87. The normalized spacial score (nSPS) is 11.0. The largest absolute Gasteiger partial charge is 0.506 e. The summed E-state index contributed by atoms with van der Waals surface area (Å²) in [4.78, 5) is 10.2. The first-order valence-electron chi connectivity index (χ1n) is 6.09. The fraction of sp³-hybridized carbons (Fsp3) is 0.182. The molecule has 0 fully saturated rings. The van der Waals surface area contributed by atoms with Crippen molar-refractivity contribution in [1.29, 1.82) is 0 Å². The van der Waals surface area contributed by atoms with Gasteiger partial charge in [-0.25, -0.2) is 10.1 Å². The Morgan fingerprint density at radius 1 is 1.59 bits per heavy atom. The number of nitrogens with zero attached hydrogens (tertiary/aromatic N) is 5. The highest BCUT2D eigenvalue weighted by molar-refractivity contribution is 9.10. The van der Waals surface area contributed by atoms with Crippen LogP contribution in [0.2, 0.25) is 0 Å². The van der Waals surface area contributed by atoms with Crippen LogP contribution >= 0.6 is 15.9 Å². The minimum atomic E-state index is -0.570. The Morgan fingerprint density at radius 2 is 2.32 bits per heavy atom. The van der Waals surface area contributed by atoms with E-state index in [1.165, 1.54) is 23.0 Å². The smallest absolute Gasteiger partial charge is 0.271 e. The molecule has 1 heterocycles. The maximum atomic E-state index is 10.8. The Kier molecular flexibility index (Phi) is 4.56. The highest BCUT2D eigenvalue weighted by Crippen LogP contribution is 2.31. The molecular formula is C11H12BrN7O3. The maximum absolute atomic E-state index is 10.8. The summed E-state index contributed by atoms with van der Waals surface area (Å²) in [6, 6.07) is 2.39. The van der Waals surface area contributed by atoms with Gasteiger partial charge >= 0.3 is 0 Å². The third-order valence-corrected chi connectivity index (χ3v) is 3.34. The Labute approximate surface area is 132 Å². The van der Waals surface area contributed by atoms with Crippen molar-refractivity contribution in [3.8, 4) is 5.75 Å². The van der Waals surface area contributed by atoms with Gasteiger partial charge in [0.05, 0.1) is 15.6 Å². The van der Waals surface area contributed by atoms with Gasteiger partial charge in [0.1, 0.15) is 5.75 Å². The number of halogens is 1. The molecule has 0 saturated carbocycles. The second-order valence-electron chi connectivity index (χ2n) is 4.16. The fourth-order valence-corrected chi connectivity index (χ4v) is 2.07. The van der Waals surface area contributed by atoms with Crippen LogP contribution in [-0.4, -0.2) is 31.1 Å². The Balaban J connectivity index is 2.22. The van der Waals surface area contributed by atoms with E-state index in [1.54, 1.807) is 0 Å². The molecular weight excluding hydrogens is 358 g/mol. The molecule has 0 aliphatic heterocycles. The summed E-state index contributed by atoms with van der Waals surface area (Å²) in [5.74, 6) is 6.33. The molecule has 4 N–H and O–H groups in total. The van der Waals surface area contributed by atoms with Crippen molar-refractivity contribution >= 4 is 33.8 Å². The number of nitrogens with two attached hydrogens (primary N) is 1. The van der Waals surface area contributed by atoms with Gasteiger partial charge in [0.2, 0.25) is 0 Å². The van der Waals surface area contributed by atoms with Crippen LogP contribution in [0.1, 0.15) is 18.3 Å². The molecule has 2 rings (SSSR count). The number of hydrogen-bond acceptors (Lipinski definition) is 8. The van der Waals surface area contributed by atoms with Crippen LogP contribution in [0.15, 0.2) is 21.7 Å². The van der Waals surface area contributed by atoms with Gasteiger partial charge in [-0.3, -0.25) is 10.1 Å². The summed E-state index contributed by atoms with van der Waals surface area (Å²) in [6.07, 6.45) is 1.82. The average Bonchev–Trinajstić information content (AvgIpc) is 2.83. The molecule has 116 valence electrons. The molecule has 0 bridgehead atoms. The molecule has 1 aromatic heterocycles. The lowest BCUT2D eigenvalue weighted by atomic mass is 10.2. The minimum Gasteiger partial charge on any atom is -0.506 e. The van der Waals surface area contributed by atoms with Crippen LogP contribution in [0.25, 0.3) is 0 Å². The number of phenolic OH excluding ortho intramolecular Hbond substituents is 1. The maximum Gasteiger partial charge on any atom is 0.271 e. The van der Waals surface area contributed by atoms with Gasteiger partial charge in [-0.2, -0.15) is 5.10 Å². The van der Waals surface area contributed by atoms with E-state index in [0.29, 0.717) is 12.2 Å². The number of non-ortho nitro benzene ring substituents is 1. The second-order valence-corrected chi connectivity index (χ2v) is 5.01. The predicted octanol–water partition coefficient (Wildman–Crippen LogP) is 1.38. The zero-order valence-electron chi connectivity index (χ0n) is 11.4. The fourth-order valence-electron chi connectivity index (χ4n) is 1.61. The van der Waals surface area contributed by atoms with Crippen molar-refractivity contribution in [2.75, 3.05) is 11.3 Å². The van der Waals surface area contributed by atoms with E-state index >= 15 is 0 Å². The van der Waals surface area contributed by atoms with E-state index in [0.717, 1.165) is 0 Å². The van der Waals surface area contributed by atoms with Crippen molar-refractivity contribution in [1.82, 2.24) is 14.9 Å². The zero-order valence-corrected chi connectivity index (χ0v) is 13.0. The molecule has 1 aromatic carbocycles. The number of anilines is 1. The number of hydrazone groups is 1. The van der Waals surface area contributed by atoms with Crippen molar-refractivity contribution in [3.63, 3.8) is 0 Å². The number of nitro groups is 1. The lowest BCUT2D eigenvalue weighted by Crippen LogP contribution is -2.14. The first kappa shape index (κ1) is 15.7. The van der Waals surface area contributed by atoms with Crippen LogP contribution < -0.4 is 11.3 Å². The summed E-state index contributed by atoms with van der Waals surface area (Å²) in [7, 11) is 0. The number of rotatable bonds is 5. The standard InChI is InChI=1S/C11H12BrN7O3/c1-2-9-15-17-11(18(9)13)16-14-5-6-3-7(19(21)22)4-8(12)10(6)20/h3-5,20H,2,13H2,1H3,(H,16,17)/b14-5-. The predicted molar refractivity (Wildman–Crippen MR) is 83.2 cm³/mol. The van der Waals surface area contributed by atoms with Gasteiger partial charge < -0.3 is 10.9 Å². The minimum absolute atomic E-state index is 0.160. The third kappa shape index (κ3) is 3.14. The molecule has 0 aliphatic rings. The number of nitro benzene ring substituents is 1. The van der Waals surface area contributed by atoms with E-state index in [9.17, 15) is 15.2 Å². The van der Waals surface area contributed by atoms with Crippen molar-refractivity contribution in [2.24, 2.45) is 5.10 Å². The molecule has 10 nitrogen and oxygen atoms in total. The Morgan fingerprint density at radius 3 is 2.91 bits per heavy atom. The molecule has 0 spiro atoms. The molecule has 0 saturated heterocycles. The zero-order chi connectivity index (χ0) is 16.3. The second kappa shape index (κ2) is 6.39. The number of nitrogens with one attached hydrogen (secondary N) is 1. The van der Waals surface area contributed by atoms with E-state index in [-0.39, 0.29) is 27.4 Å². The molecule has 0 aliphatic carbocycles. The number of phenols is 1. The van der Waals surface area contributed by atoms with Crippen LogP contribution in [0, 0.1) is 10.1 Å². The Bertz CT molecular complexity index is 744. The summed E-state index contributed by atoms with van der Waals surface area (Å²) >= 11 is 3.04. The van der Waals surface area contributed by atoms with Gasteiger partial charge in [0.15, 0.2) is 5.82 Å². The SMILES string of the molecule is CCc1nnc(N/N=C\c2cc([N+](=O)[O-])cc(Br)c2O)n1N. The highest BCUT2D eigenvalue weighted by Gasteiger charge is 2.13. The number of aromatic nitrogens is 3. The number of benzene rings is 1. The van der Waals surface area contributed by atoms with Crippen molar-refractivity contribution < 1.29 is 10.0 Å². The average molecular weight is 370 g/mol. The first-order chi connectivity index (χ1) is 10.4. The molecule has 11 heteroatoms. The van der Waals surface area contributed by atoms with Gasteiger partial charge in [-0.1, -0.05) is 6.92 Å². The molecule has 0 unspecified atom stereocenters. The summed E-state index contributed by atoms with van der Waals surface area (Å²) in [5.41, 5.74) is 2.53. The molecule has 0 amide bonds. The molecule has 2 aromatic rings. The van der Waals surface area contributed by atoms with Crippen LogP contribution in [0.4, 0.5) is 11.6 Å². The lowest BCUT2D eigenvalue weighted by Gasteiger charge is -2.03. The molecule has 0 radical (unpaired) electrons.